The van der Waals surface area contributed by atoms with Crippen LogP contribution in [0.2, 0.25) is 0 Å². The van der Waals surface area contributed by atoms with Crippen LogP contribution >= 0.6 is 0 Å². The smallest absolute Gasteiger partial charge is 0.331 e. The SMILES string of the molecule is O=C(/C=C\C(=O)OC1CCCc2nc3ccccc3c(NCCc3ccccc3)c21)OC1CCCc2nc3ccccc3c(NCCc3ccccc3)c21. The van der Waals surface area contributed by atoms with Gasteiger partial charge in [0.2, 0.25) is 0 Å². The summed E-state index contributed by atoms with van der Waals surface area (Å²) in [7, 11) is 0. The van der Waals surface area contributed by atoms with Crippen molar-refractivity contribution in [2.75, 3.05) is 23.7 Å². The lowest BCUT2D eigenvalue weighted by Crippen LogP contribution is -2.21. The van der Waals surface area contributed by atoms with Crippen LogP contribution in [0, 0.1) is 0 Å². The van der Waals surface area contributed by atoms with Crippen LogP contribution < -0.4 is 10.6 Å². The third-order valence-electron chi connectivity index (χ3n) is 10.4. The molecule has 272 valence electrons. The minimum Gasteiger partial charge on any atom is -0.454 e. The summed E-state index contributed by atoms with van der Waals surface area (Å²) in [6.07, 6.45) is 7.74. The number of esters is 2. The zero-order chi connectivity index (χ0) is 36.7. The number of carbonyl (C=O) groups excluding carboxylic acids is 2. The summed E-state index contributed by atoms with van der Waals surface area (Å²) in [5.74, 6) is -1.18. The minimum atomic E-state index is -0.590. The van der Waals surface area contributed by atoms with Gasteiger partial charge in [-0.2, -0.15) is 0 Å². The van der Waals surface area contributed by atoms with Crippen LogP contribution in [0.4, 0.5) is 11.4 Å². The van der Waals surface area contributed by atoms with Crippen molar-refractivity contribution in [3.8, 4) is 0 Å². The summed E-state index contributed by atoms with van der Waals surface area (Å²) in [5.41, 5.74) is 9.94. The highest BCUT2D eigenvalue weighted by atomic mass is 16.5. The van der Waals surface area contributed by atoms with Crippen molar-refractivity contribution in [1.29, 1.82) is 0 Å². The van der Waals surface area contributed by atoms with Gasteiger partial charge in [-0.15, -0.1) is 0 Å². The van der Waals surface area contributed by atoms with E-state index >= 15 is 0 Å². The Morgan fingerprint density at radius 3 is 1.43 bits per heavy atom. The first-order chi connectivity index (χ1) is 26.6. The number of anilines is 2. The van der Waals surface area contributed by atoms with Crippen molar-refractivity contribution in [1.82, 2.24) is 9.97 Å². The van der Waals surface area contributed by atoms with E-state index in [1.165, 1.54) is 23.3 Å². The quantitative estimate of drug-likeness (QED) is 0.0955. The van der Waals surface area contributed by atoms with Crippen LogP contribution in [0.3, 0.4) is 0 Å². The molecule has 54 heavy (non-hydrogen) atoms. The average Bonchev–Trinajstić information content (AvgIpc) is 3.20. The number of hydrogen-bond acceptors (Lipinski definition) is 8. The molecule has 2 aromatic heterocycles. The van der Waals surface area contributed by atoms with Gasteiger partial charge < -0.3 is 20.1 Å². The Morgan fingerprint density at radius 1 is 0.574 bits per heavy atom. The molecule has 6 aromatic rings. The summed E-state index contributed by atoms with van der Waals surface area (Å²) < 4.78 is 12.2. The molecule has 0 amide bonds. The van der Waals surface area contributed by atoms with Crippen molar-refractivity contribution >= 4 is 45.1 Å². The van der Waals surface area contributed by atoms with Crippen molar-refractivity contribution in [2.24, 2.45) is 0 Å². The maximum atomic E-state index is 13.3. The summed E-state index contributed by atoms with van der Waals surface area (Å²) >= 11 is 0. The Labute approximate surface area is 315 Å². The monoisotopic (exact) mass is 716 g/mol. The number of nitrogens with one attached hydrogen (secondary N) is 2. The molecule has 8 rings (SSSR count). The van der Waals surface area contributed by atoms with Gasteiger partial charge in [-0.1, -0.05) is 97.1 Å². The molecule has 0 spiro atoms. The maximum absolute atomic E-state index is 13.3. The van der Waals surface area contributed by atoms with Crippen LogP contribution in [-0.2, 0) is 44.7 Å². The van der Waals surface area contributed by atoms with E-state index in [4.69, 9.17) is 19.4 Å². The van der Waals surface area contributed by atoms with E-state index in [-0.39, 0.29) is 0 Å². The lowest BCUT2D eigenvalue weighted by Gasteiger charge is -2.28. The van der Waals surface area contributed by atoms with Crippen LogP contribution in [0.15, 0.2) is 121 Å². The largest absolute Gasteiger partial charge is 0.454 e. The first-order valence-electron chi connectivity index (χ1n) is 19.1. The van der Waals surface area contributed by atoms with Gasteiger partial charge in [0.1, 0.15) is 12.2 Å². The summed E-state index contributed by atoms with van der Waals surface area (Å²) in [6, 6.07) is 36.9. The average molecular weight is 717 g/mol. The van der Waals surface area contributed by atoms with Crippen LogP contribution in [0.5, 0.6) is 0 Å². The number of hydrogen-bond donors (Lipinski definition) is 2. The standard InChI is InChI=1S/C46H44N4O4/c51-41(53-39-23-11-21-37-43(39)45(33-17-7-9-19-35(33)49-37)47-29-27-31-13-3-1-4-14-31)25-26-42(52)54-40-24-12-22-38-44(40)46(34-18-8-10-20-36(34)50-38)48-30-28-32-15-5-2-6-16-32/h1-10,13-20,25-26,39-40H,11-12,21-24,27-30H2,(H,47,49)(H,48,50)/b26-25-. The van der Waals surface area contributed by atoms with Crippen LogP contribution in [0.1, 0.15) is 71.5 Å². The maximum Gasteiger partial charge on any atom is 0.331 e. The number of rotatable bonds is 12. The van der Waals surface area contributed by atoms with Crippen LogP contribution in [0.25, 0.3) is 21.8 Å². The zero-order valence-corrected chi connectivity index (χ0v) is 30.3. The van der Waals surface area contributed by atoms with Gasteiger partial charge in [-0.05, 0) is 74.6 Å². The topological polar surface area (TPSA) is 102 Å². The van der Waals surface area contributed by atoms with E-state index < -0.39 is 24.1 Å². The van der Waals surface area contributed by atoms with Gasteiger partial charge in [-0.3, -0.25) is 9.97 Å². The third-order valence-corrected chi connectivity index (χ3v) is 10.4. The van der Waals surface area contributed by atoms with Gasteiger partial charge in [0.15, 0.2) is 0 Å². The number of pyridine rings is 2. The van der Waals surface area contributed by atoms with Gasteiger partial charge in [0.25, 0.3) is 0 Å². The van der Waals surface area contributed by atoms with E-state index in [0.717, 1.165) is 107 Å². The van der Waals surface area contributed by atoms with E-state index in [0.29, 0.717) is 12.8 Å². The molecule has 0 aliphatic heterocycles. The lowest BCUT2D eigenvalue weighted by atomic mass is 9.90. The molecular weight excluding hydrogens is 673 g/mol. The molecule has 2 N–H and O–H groups in total. The lowest BCUT2D eigenvalue weighted by molar-refractivity contribution is -0.146. The summed E-state index contributed by atoms with van der Waals surface area (Å²) in [6.45, 7) is 1.44. The highest BCUT2D eigenvalue weighted by Gasteiger charge is 2.31. The second kappa shape index (κ2) is 16.3. The summed E-state index contributed by atoms with van der Waals surface area (Å²) in [5, 5.41) is 9.34. The molecule has 0 saturated heterocycles. The van der Waals surface area contributed by atoms with Gasteiger partial charge >= 0.3 is 11.9 Å². The Morgan fingerprint density at radius 2 is 0.981 bits per heavy atom. The minimum absolute atomic E-state index is 0.493. The molecule has 0 fully saturated rings. The molecule has 8 nitrogen and oxygen atoms in total. The molecule has 8 heteroatoms. The van der Waals surface area contributed by atoms with Crippen molar-refractivity contribution < 1.29 is 19.1 Å². The highest BCUT2D eigenvalue weighted by Crippen LogP contribution is 2.42. The van der Waals surface area contributed by atoms with E-state index in [2.05, 4.69) is 47.0 Å². The third kappa shape index (κ3) is 7.83. The number of aryl methyl sites for hydroxylation is 2. The molecule has 2 aliphatic carbocycles. The number of fused-ring (bicyclic) bond motifs is 4. The van der Waals surface area contributed by atoms with E-state index in [1.54, 1.807) is 0 Å². The molecular formula is C46H44N4O4. The summed E-state index contributed by atoms with van der Waals surface area (Å²) in [4.78, 5) is 36.7. The predicted octanol–water partition coefficient (Wildman–Crippen LogP) is 9.19. The molecule has 2 unspecified atom stereocenters. The molecule has 0 bridgehead atoms. The number of nitrogens with zero attached hydrogens (tertiary/aromatic N) is 2. The van der Waals surface area contributed by atoms with Crippen molar-refractivity contribution in [3.05, 3.63) is 155 Å². The van der Waals surface area contributed by atoms with Gasteiger partial charge in [0, 0.05) is 47.1 Å². The Bertz CT molecular complexity index is 2150. The number of ether oxygens (including phenoxy) is 2. The number of aromatic nitrogens is 2. The predicted molar refractivity (Wildman–Crippen MR) is 213 cm³/mol. The normalized spacial score (nSPS) is 16.4. The molecule has 4 aromatic carbocycles. The molecule has 2 heterocycles. The Balaban J connectivity index is 0.980. The first-order valence-corrected chi connectivity index (χ1v) is 19.1. The number of benzene rings is 4. The number of carbonyl (C=O) groups is 2. The van der Waals surface area contributed by atoms with Crippen LogP contribution in [-0.4, -0.2) is 35.0 Å². The van der Waals surface area contributed by atoms with Gasteiger partial charge in [-0.25, -0.2) is 9.59 Å². The zero-order valence-electron chi connectivity index (χ0n) is 30.3. The second-order valence-electron chi connectivity index (χ2n) is 14.0. The van der Waals surface area contributed by atoms with Crippen molar-refractivity contribution in [2.45, 2.75) is 63.6 Å². The Kier molecular flexibility index (Phi) is 10.6. The second-order valence-corrected chi connectivity index (χ2v) is 14.0. The van der Waals surface area contributed by atoms with E-state index in [1.807, 2.05) is 72.8 Å². The fourth-order valence-corrected chi connectivity index (χ4v) is 7.89. The molecule has 0 saturated carbocycles. The van der Waals surface area contributed by atoms with E-state index in [9.17, 15) is 9.59 Å². The molecule has 2 atom stereocenters. The fourth-order valence-electron chi connectivity index (χ4n) is 7.89. The number of para-hydroxylation sites is 2. The van der Waals surface area contributed by atoms with Crippen molar-refractivity contribution in [3.63, 3.8) is 0 Å². The molecule has 2 aliphatic rings. The Hall–Kier alpha value is -6.02. The molecule has 0 radical (unpaired) electrons. The van der Waals surface area contributed by atoms with Gasteiger partial charge in [0.05, 0.1) is 33.8 Å². The highest BCUT2D eigenvalue weighted by molar-refractivity contribution is 5.96. The fraction of sp³-hybridized carbons (Fsp3) is 0.261. The first kappa shape index (κ1) is 35.0.